The highest BCUT2D eigenvalue weighted by molar-refractivity contribution is 5.28. The van der Waals surface area contributed by atoms with Gasteiger partial charge in [0.15, 0.2) is 11.6 Å². The first-order chi connectivity index (χ1) is 7.49. The second-order valence-electron chi connectivity index (χ2n) is 4.39. The van der Waals surface area contributed by atoms with Crippen LogP contribution < -0.4 is 5.73 Å². The second-order valence-corrected chi connectivity index (χ2v) is 4.39. The zero-order chi connectivity index (χ0) is 12.3. The number of rotatable bonds is 4. The minimum Gasteiger partial charge on any atom is -0.324 e. The molecule has 0 bridgehead atoms. The number of nitrogens with two attached hydrogens (primary N) is 1. The van der Waals surface area contributed by atoms with Crippen molar-refractivity contribution in [2.75, 3.05) is 0 Å². The number of halogens is 2. The van der Waals surface area contributed by atoms with Gasteiger partial charge in [-0.25, -0.2) is 8.78 Å². The third kappa shape index (κ3) is 2.59. The van der Waals surface area contributed by atoms with Crippen LogP contribution in [0.15, 0.2) is 12.1 Å². The second kappa shape index (κ2) is 5.39. The molecule has 0 radical (unpaired) electrons. The van der Waals surface area contributed by atoms with Crippen molar-refractivity contribution in [3.63, 3.8) is 0 Å². The van der Waals surface area contributed by atoms with Crippen LogP contribution in [0.5, 0.6) is 0 Å². The molecular formula is C13H19F2N. The first-order valence-electron chi connectivity index (χ1n) is 5.69. The van der Waals surface area contributed by atoms with Gasteiger partial charge in [-0.1, -0.05) is 32.4 Å². The Hall–Kier alpha value is -0.960. The van der Waals surface area contributed by atoms with Crippen molar-refractivity contribution >= 4 is 0 Å². The van der Waals surface area contributed by atoms with Gasteiger partial charge in [0.25, 0.3) is 0 Å². The van der Waals surface area contributed by atoms with E-state index in [0.29, 0.717) is 5.56 Å². The number of hydrogen-bond acceptors (Lipinski definition) is 1. The van der Waals surface area contributed by atoms with E-state index < -0.39 is 17.7 Å². The van der Waals surface area contributed by atoms with Crippen molar-refractivity contribution in [1.82, 2.24) is 0 Å². The van der Waals surface area contributed by atoms with Crippen molar-refractivity contribution in [3.05, 3.63) is 34.9 Å². The van der Waals surface area contributed by atoms with Crippen LogP contribution in [0.1, 0.15) is 43.9 Å². The molecule has 2 atom stereocenters. The number of benzene rings is 1. The average Bonchev–Trinajstić information content (AvgIpc) is 2.26. The normalized spacial score (nSPS) is 14.9. The van der Waals surface area contributed by atoms with Crippen LogP contribution in [0.3, 0.4) is 0 Å². The Kier molecular flexibility index (Phi) is 4.42. The van der Waals surface area contributed by atoms with E-state index in [4.69, 9.17) is 5.73 Å². The summed E-state index contributed by atoms with van der Waals surface area (Å²) in [5.41, 5.74) is 6.54. The van der Waals surface area contributed by atoms with E-state index in [0.717, 1.165) is 12.8 Å². The van der Waals surface area contributed by atoms with Crippen LogP contribution in [0.4, 0.5) is 8.78 Å². The Balaban J connectivity index is 3.00. The Morgan fingerprint density at radius 3 is 2.44 bits per heavy atom. The van der Waals surface area contributed by atoms with Gasteiger partial charge < -0.3 is 5.73 Å². The van der Waals surface area contributed by atoms with Gasteiger partial charge >= 0.3 is 0 Å². The third-order valence-corrected chi connectivity index (χ3v) is 3.02. The Morgan fingerprint density at radius 1 is 1.25 bits per heavy atom. The molecule has 16 heavy (non-hydrogen) atoms. The Labute approximate surface area is 95.7 Å². The quantitative estimate of drug-likeness (QED) is 0.833. The van der Waals surface area contributed by atoms with Crippen molar-refractivity contribution in [3.8, 4) is 0 Å². The van der Waals surface area contributed by atoms with E-state index in [-0.39, 0.29) is 11.5 Å². The van der Waals surface area contributed by atoms with E-state index in [2.05, 4.69) is 6.92 Å². The zero-order valence-corrected chi connectivity index (χ0v) is 10.1. The highest BCUT2D eigenvalue weighted by atomic mass is 19.2. The molecule has 0 fully saturated rings. The van der Waals surface area contributed by atoms with Crippen molar-refractivity contribution in [2.24, 2.45) is 11.7 Å². The summed E-state index contributed by atoms with van der Waals surface area (Å²) in [6, 6.07) is 2.73. The predicted octanol–water partition coefficient (Wildman–Crippen LogP) is 3.71. The monoisotopic (exact) mass is 227 g/mol. The van der Waals surface area contributed by atoms with E-state index >= 15 is 0 Å². The van der Waals surface area contributed by atoms with Gasteiger partial charge in [0, 0.05) is 11.6 Å². The first-order valence-corrected chi connectivity index (χ1v) is 5.69. The maximum Gasteiger partial charge on any atom is 0.163 e. The third-order valence-electron chi connectivity index (χ3n) is 3.02. The number of aryl methyl sites for hydroxylation is 1. The predicted molar refractivity (Wildman–Crippen MR) is 62.1 cm³/mol. The fourth-order valence-corrected chi connectivity index (χ4v) is 1.86. The molecule has 0 saturated heterocycles. The summed E-state index contributed by atoms with van der Waals surface area (Å²) >= 11 is 0. The first kappa shape index (κ1) is 13.1. The smallest absolute Gasteiger partial charge is 0.163 e. The molecule has 2 unspecified atom stereocenters. The lowest BCUT2D eigenvalue weighted by atomic mass is 9.91. The van der Waals surface area contributed by atoms with Crippen molar-refractivity contribution in [2.45, 2.75) is 39.7 Å². The maximum atomic E-state index is 13.7. The molecule has 0 aliphatic rings. The molecule has 0 aliphatic carbocycles. The van der Waals surface area contributed by atoms with Gasteiger partial charge in [-0.2, -0.15) is 0 Å². The molecule has 1 rings (SSSR count). The molecule has 0 spiro atoms. The SMILES string of the molecule is CCCC(C)C(N)c1ccc(C)c(F)c1F. The minimum atomic E-state index is -0.796. The molecule has 2 N–H and O–H groups in total. The van der Waals surface area contributed by atoms with Crippen molar-refractivity contribution in [1.29, 1.82) is 0 Å². The average molecular weight is 227 g/mol. The fraction of sp³-hybridized carbons (Fsp3) is 0.538. The van der Waals surface area contributed by atoms with E-state index in [1.54, 1.807) is 19.1 Å². The summed E-state index contributed by atoms with van der Waals surface area (Å²) in [7, 11) is 0. The highest BCUT2D eigenvalue weighted by Gasteiger charge is 2.20. The van der Waals surface area contributed by atoms with Crippen LogP contribution in [0.25, 0.3) is 0 Å². The van der Waals surface area contributed by atoms with E-state index in [9.17, 15) is 8.78 Å². The molecule has 1 nitrogen and oxygen atoms in total. The van der Waals surface area contributed by atoms with Gasteiger partial charge in [0.05, 0.1) is 0 Å². The molecule has 90 valence electrons. The Morgan fingerprint density at radius 2 is 1.88 bits per heavy atom. The van der Waals surface area contributed by atoms with Crippen LogP contribution in [0, 0.1) is 24.5 Å². The zero-order valence-electron chi connectivity index (χ0n) is 10.1. The molecule has 1 aromatic rings. The number of hydrogen-bond donors (Lipinski definition) is 1. The molecule has 3 heteroatoms. The topological polar surface area (TPSA) is 26.0 Å². The van der Waals surface area contributed by atoms with Gasteiger partial charge in [-0.3, -0.25) is 0 Å². The Bertz CT molecular complexity index is 363. The molecule has 0 aromatic heterocycles. The van der Waals surface area contributed by atoms with Gasteiger partial charge in [0.2, 0.25) is 0 Å². The largest absolute Gasteiger partial charge is 0.324 e. The van der Waals surface area contributed by atoms with Crippen molar-refractivity contribution < 1.29 is 8.78 Å². The summed E-state index contributed by atoms with van der Waals surface area (Å²) in [5, 5.41) is 0. The molecule has 0 amide bonds. The van der Waals surface area contributed by atoms with Gasteiger partial charge in [-0.05, 0) is 24.8 Å². The minimum absolute atomic E-state index is 0.154. The molecule has 0 saturated carbocycles. The standard InChI is InChI=1S/C13H19F2N/c1-4-5-9(3)13(16)10-7-6-8(2)11(14)12(10)15/h6-7,9,13H,4-5,16H2,1-3H3. The van der Waals surface area contributed by atoms with Crippen LogP contribution in [-0.2, 0) is 0 Å². The lowest BCUT2D eigenvalue weighted by Crippen LogP contribution is -2.21. The summed E-state index contributed by atoms with van der Waals surface area (Å²) in [6.07, 6.45) is 1.90. The van der Waals surface area contributed by atoms with E-state index in [1.165, 1.54) is 0 Å². The lowest BCUT2D eigenvalue weighted by Gasteiger charge is -2.20. The fourth-order valence-electron chi connectivity index (χ4n) is 1.86. The lowest BCUT2D eigenvalue weighted by molar-refractivity contribution is 0.407. The molecule has 0 heterocycles. The molecular weight excluding hydrogens is 208 g/mol. The van der Waals surface area contributed by atoms with Crippen LogP contribution in [-0.4, -0.2) is 0 Å². The van der Waals surface area contributed by atoms with Crippen LogP contribution >= 0.6 is 0 Å². The van der Waals surface area contributed by atoms with Gasteiger partial charge in [0.1, 0.15) is 0 Å². The van der Waals surface area contributed by atoms with Gasteiger partial charge in [-0.15, -0.1) is 0 Å². The summed E-state index contributed by atoms with van der Waals surface area (Å²) in [6.45, 7) is 5.56. The molecule has 1 aromatic carbocycles. The molecule has 0 aliphatic heterocycles. The highest BCUT2D eigenvalue weighted by Crippen LogP contribution is 2.27. The summed E-state index contributed by atoms with van der Waals surface area (Å²) < 4.78 is 27.0. The van der Waals surface area contributed by atoms with E-state index in [1.807, 2.05) is 6.92 Å². The summed E-state index contributed by atoms with van der Waals surface area (Å²) in [4.78, 5) is 0. The van der Waals surface area contributed by atoms with Crippen LogP contribution in [0.2, 0.25) is 0 Å². The summed E-state index contributed by atoms with van der Waals surface area (Å²) in [5.74, 6) is -1.42. The maximum absolute atomic E-state index is 13.7.